The lowest BCUT2D eigenvalue weighted by Crippen LogP contribution is -2.19. The molecule has 1 unspecified atom stereocenters. The molecule has 0 saturated heterocycles. The monoisotopic (exact) mass is 191 g/mol. The predicted octanol–water partition coefficient (Wildman–Crippen LogP) is 2.17. The molecule has 0 aromatic heterocycles. The van der Waals surface area contributed by atoms with Crippen molar-refractivity contribution in [3.63, 3.8) is 0 Å². The third-order valence-electron chi connectivity index (χ3n) is 2.16. The Morgan fingerprint density at radius 3 is 2.79 bits per heavy atom. The van der Waals surface area contributed by atoms with Gasteiger partial charge in [-0.25, -0.2) is 0 Å². The molecule has 1 rings (SSSR count). The number of hydrogen-bond donors (Lipinski definition) is 1. The quantitative estimate of drug-likeness (QED) is 0.741. The molecule has 76 valence electrons. The number of benzene rings is 1. The van der Waals surface area contributed by atoms with Crippen LogP contribution in [0.2, 0.25) is 0 Å². The van der Waals surface area contributed by atoms with Crippen molar-refractivity contribution >= 4 is 5.78 Å². The molecule has 0 aliphatic carbocycles. The van der Waals surface area contributed by atoms with E-state index in [0.717, 1.165) is 12.0 Å². The van der Waals surface area contributed by atoms with Crippen molar-refractivity contribution in [2.45, 2.75) is 32.7 Å². The highest BCUT2D eigenvalue weighted by Crippen LogP contribution is 2.09. The highest BCUT2D eigenvalue weighted by atomic mass is 16.1. The Kier molecular flexibility index (Phi) is 3.84. The molecule has 1 atom stereocenters. The second kappa shape index (κ2) is 4.91. The zero-order valence-electron chi connectivity index (χ0n) is 8.79. The van der Waals surface area contributed by atoms with Crippen LogP contribution in [0, 0.1) is 0 Å². The molecular weight excluding hydrogens is 174 g/mol. The summed E-state index contributed by atoms with van der Waals surface area (Å²) in [4.78, 5) is 11.6. The Labute approximate surface area is 85.1 Å². The Morgan fingerprint density at radius 1 is 1.50 bits per heavy atom. The van der Waals surface area contributed by atoms with E-state index in [-0.39, 0.29) is 11.8 Å². The molecule has 0 aliphatic heterocycles. The number of rotatable bonds is 4. The zero-order valence-corrected chi connectivity index (χ0v) is 8.79. The lowest BCUT2D eigenvalue weighted by molar-refractivity contribution is 0.0976. The van der Waals surface area contributed by atoms with Crippen LogP contribution in [0.25, 0.3) is 0 Å². The summed E-state index contributed by atoms with van der Waals surface area (Å²) >= 11 is 0. The highest BCUT2D eigenvalue weighted by Gasteiger charge is 2.08. The Balaban J connectivity index is 2.79. The summed E-state index contributed by atoms with van der Waals surface area (Å²) in [6, 6.07) is 7.69. The van der Waals surface area contributed by atoms with Gasteiger partial charge in [0, 0.05) is 18.0 Å². The Hall–Kier alpha value is -1.15. The van der Waals surface area contributed by atoms with E-state index in [1.54, 1.807) is 0 Å². The van der Waals surface area contributed by atoms with Gasteiger partial charge in [0.1, 0.15) is 0 Å². The fraction of sp³-hybridized carbons (Fsp3) is 0.417. The van der Waals surface area contributed by atoms with Crippen molar-refractivity contribution in [3.05, 3.63) is 35.4 Å². The summed E-state index contributed by atoms with van der Waals surface area (Å²) < 4.78 is 0. The standard InChI is InChI=1S/C12H17NO/c1-3-10-5-4-6-11(8-10)12(14)7-9(2)13/h4-6,8-9H,3,7,13H2,1-2H3. The molecule has 0 aliphatic rings. The second-order valence-electron chi connectivity index (χ2n) is 3.66. The SMILES string of the molecule is CCc1cccc(C(=O)CC(C)N)c1. The maximum atomic E-state index is 11.6. The van der Waals surface area contributed by atoms with Crippen molar-refractivity contribution in [1.82, 2.24) is 0 Å². The average molecular weight is 191 g/mol. The number of aryl methyl sites for hydroxylation is 1. The van der Waals surface area contributed by atoms with E-state index in [1.165, 1.54) is 5.56 Å². The van der Waals surface area contributed by atoms with Crippen molar-refractivity contribution in [2.75, 3.05) is 0 Å². The molecule has 0 bridgehead atoms. The molecule has 0 spiro atoms. The van der Waals surface area contributed by atoms with Gasteiger partial charge in [0.2, 0.25) is 0 Å². The van der Waals surface area contributed by atoms with Crippen molar-refractivity contribution in [1.29, 1.82) is 0 Å². The Bertz CT molecular complexity index is 318. The highest BCUT2D eigenvalue weighted by molar-refractivity contribution is 5.96. The molecule has 2 nitrogen and oxygen atoms in total. The van der Waals surface area contributed by atoms with Crippen LogP contribution in [-0.2, 0) is 6.42 Å². The number of Topliss-reactive ketones (excluding diaryl/α,β-unsaturated/α-hetero) is 1. The maximum Gasteiger partial charge on any atom is 0.164 e. The van der Waals surface area contributed by atoms with Gasteiger partial charge in [-0.3, -0.25) is 4.79 Å². The molecule has 0 saturated carbocycles. The molecule has 14 heavy (non-hydrogen) atoms. The summed E-state index contributed by atoms with van der Waals surface area (Å²) in [7, 11) is 0. The van der Waals surface area contributed by atoms with Crippen LogP contribution in [0.3, 0.4) is 0 Å². The number of nitrogens with two attached hydrogens (primary N) is 1. The second-order valence-corrected chi connectivity index (χ2v) is 3.66. The van der Waals surface area contributed by atoms with E-state index in [2.05, 4.69) is 6.92 Å². The number of carbonyl (C=O) groups is 1. The number of hydrogen-bond acceptors (Lipinski definition) is 2. The third kappa shape index (κ3) is 2.96. The summed E-state index contributed by atoms with van der Waals surface area (Å²) in [5.41, 5.74) is 7.55. The number of ketones is 1. The predicted molar refractivity (Wildman–Crippen MR) is 58.4 cm³/mol. The zero-order chi connectivity index (χ0) is 10.6. The van der Waals surface area contributed by atoms with Crippen LogP contribution >= 0.6 is 0 Å². The van der Waals surface area contributed by atoms with E-state index in [1.807, 2.05) is 31.2 Å². The lowest BCUT2D eigenvalue weighted by Gasteiger charge is -2.05. The first-order valence-corrected chi connectivity index (χ1v) is 5.01. The minimum atomic E-state index is -0.0622. The van der Waals surface area contributed by atoms with E-state index in [4.69, 9.17) is 5.73 Å². The summed E-state index contributed by atoms with van der Waals surface area (Å²) in [5, 5.41) is 0. The minimum Gasteiger partial charge on any atom is -0.328 e. The van der Waals surface area contributed by atoms with E-state index in [0.29, 0.717) is 6.42 Å². The molecule has 0 radical (unpaired) electrons. The minimum absolute atomic E-state index is 0.0622. The van der Waals surface area contributed by atoms with Crippen LogP contribution in [0.15, 0.2) is 24.3 Å². The summed E-state index contributed by atoms with van der Waals surface area (Å²) in [6.45, 7) is 3.93. The molecule has 1 aromatic rings. The van der Waals surface area contributed by atoms with Gasteiger partial charge in [-0.05, 0) is 25.0 Å². The summed E-state index contributed by atoms with van der Waals surface area (Å²) in [5.74, 6) is 0.135. The molecule has 0 fully saturated rings. The van der Waals surface area contributed by atoms with Gasteiger partial charge in [0.25, 0.3) is 0 Å². The summed E-state index contributed by atoms with van der Waals surface area (Å²) in [6.07, 6.45) is 1.38. The van der Waals surface area contributed by atoms with Gasteiger partial charge in [-0.1, -0.05) is 25.1 Å². The molecule has 0 heterocycles. The van der Waals surface area contributed by atoms with E-state index < -0.39 is 0 Å². The topological polar surface area (TPSA) is 43.1 Å². The van der Waals surface area contributed by atoms with Crippen molar-refractivity contribution < 1.29 is 4.79 Å². The normalized spacial score (nSPS) is 12.5. The van der Waals surface area contributed by atoms with Crippen LogP contribution < -0.4 is 5.73 Å². The van der Waals surface area contributed by atoms with Gasteiger partial charge in [0.05, 0.1) is 0 Å². The average Bonchev–Trinajstić information content (AvgIpc) is 2.17. The lowest BCUT2D eigenvalue weighted by atomic mass is 10.0. The van der Waals surface area contributed by atoms with E-state index >= 15 is 0 Å². The first-order chi connectivity index (χ1) is 6.63. The van der Waals surface area contributed by atoms with Gasteiger partial charge < -0.3 is 5.73 Å². The fourth-order valence-corrected chi connectivity index (χ4v) is 1.37. The number of carbonyl (C=O) groups excluding carboxylic acids is 1. The molecule has 1 aromatic carbocycles. The first kappa shape index (κ1) is 10.9. The molecular formula is C12H17NO. The first-order valence-electron chi connectivity index (χ1n) is 5.01. The molecule has 2 N–H and O–H groups in total. The Morgan fingerprint density at radius 2 is 2.21 bits per heavy atom. The van der Waals surface area contributed by atoms with Crippen LogP contribution in [0.1, 0.15) is 36.2 Å². The van der Waals surface area contributed by atoms with Gasteiger partial charge in [-0.15, -0.1) is 0 Å². The van der Waals surface area contributed by atoms with Crippen LogP contribution in [-0.4, -0.2) is 11.8 Å². The largest absolute Gasteiger partial charge is 0.328 e. The smallest absolute Gasteiger partial charge is 0.164 e. The van der Waals surface area contributed by atoms with Gasteiger partial charge in [-0.2, -0.15) is 0 Å². The fourth-order valence-electron chi connectivity index (χ4n) is 1.37. The maximum absolute atomic E-state index is 11.6. The van der Waals surface area contributed by atoms with E-state index in [9.17, 15) is 4.79 Å². The molecule has 2 heteroatoms. The van der Waals surface area contributed by atoms with Gasteiger partial charge >= 0.3 is 0 Å². The van der Waals surface area contributed by atoms with Crippen LogP contribution in [0.4, 0.5) is 0 Å². The van der Waals surface area contributed by atoms with Gasteiger partial charge in [0.15, 0.2) is 5.78 Å². The third-order valence-corrected chi connectivity index (χ3v) is 2.16. The van der Waals surface area contributed by atoms with Crippen molar-refractivity contribution in [3.8, 4) is 0 Å². The van der Waals surface area contributed by atoms with Crippen molar-refractivity contribution in [2.24, 2.45) is 5.73 Å². The molecule has 0 amide bonds. The van der Waals surface area contributed by atoms with Crippen LogP contribution in [0.5, 0.6) is 0 Å².